The van der Waals surface area contributed by atoms with Gasteiger partial charge in [-0.1, -0.05) is 49.8 Å². The van der Waals surface area contributed by atoms with Crippen molar-refractivity contribution in [1.82, 2.24) is 4.57 Å². The molecule has 8 nitrogen and oxygen atoms in total. The molecule has 0 radical (unpaired) electrons. The molecule has 3 N–H and O–H groups in total. The summed E-state index contributed by atoms with van der Waals surface area (Å²) in [7, 11) is 1.96. The van der Waals surface area contributed by atoms with Gasteiger partial charge in [0, 0.05) is 35.9 Å². The van der Waals surface area contributed by atoms with Gasteiger partial charge in [-0.15, -0.1) is 0 Å². The molecule has 0 spiro atoms. The zero-order valence-electron chi connectivity index (χ0n) is 25.0. The zero-order valence-corrected chi connectivity index (χ0v) is 25.0. The number of nitrogens with zero attached hydrogens (tertiary/aromatic N) is 1. The molecular weight excluding hydrogens is 546 g/mol. The fourth-order valence-electron chi connectivity index (χ4n) is 9.85. The van der Waals surface area contributed by atoms with Gasteiger partial charge in [0.1, 0.15) is 6.61 Å². The summed E-state index contributed by atoms with van der Waals surface area (Å²) < 4.78 is 15.4. The fourth-order valence-corrected chi connectivity index (χ4v) is 9.85. The molecule has 3 saturated carbocycles. The SMILES string of the molecule is Cn1c(Cc2cccc(CO)c2)ccc1[C@@H]1O[C@@H]2C[C@H]3[C@@H]4CCC5=CC(=O)C=C[C@]5(C)[C@H]4[C@@H](O)C[C@]3(C)[C@]2(C(=O)CO)O1. The van der Waals surface area contributed by atoms with E-state index >= 15 is 0 Å². The number of allylic oxidation sites excluding steroid dienone is 4. The predicted octanol–water partition coefficient (Wildman–Crippen LogP) is 3.71. The first-order chi connectivity index (χ1) is 20.6. The van der Waals surface area contributed by atoms with Crippen LogP contribution in [0.3, 0.4) is 0 Å². The normalized spacial score (nSPS) is 39.6. The number of hydrogen-bond donors (Lipinski definition) is 3. The number of ether oxygens (including phenoxy) is 2. The van der Waals surface area contributed by atoms with E-state index < -0.39 is 47.3 Å². The first kappa shape index (κ1) is 28.9. The number of aromatic nitrogens is 1. The molecule has 2 aromatic rings. The van der Waals surface area contributed by atoms with E-state index in [2.05, 4.69) is 13.8 Å². The quantitative estimate of drug-likeness (QED) is 0.472. The molecular formula is C35H41NO7. The van der Waals surface area contributed by atoms with E-state index in [1.807, 2.05) is 54.1 Å². The van der Waals surface area contributed by atoms with Crippen LogP contribution in [-0.4, -0.2) is 55.9 Å². The minimum atomic E-state index is -1.38. The van der Waals surface area contributed by atoms with Crippen molar-refractivity contribution in [3.05, 3.63) is 82.7 Å². The lowest BCUT2D eigenvalue weighted by atomic mass is 9.46. The smallest absolute Gasteiger partial charge is 0.200 e. The van der Waals surface area contributed by atoms with Crippen LogP contribution in [0, 0.1) is 28.6 Å². The molecule has 2 heterocycles. The molecule has 0 bridgehead atoms. The number of benzene rings is 1. The summed E-state index contributed by atoms with van der Waals surface area (Å²) in [6.07, 6.45) is 6.51. The van der Waals surface area contributed by atoms with Crippen molar-refractivity contribution >= 4 is 11.6 Å². The second-order valence-electron chi connectivity index (χ2n) is 13.8. The molecule has 4 fully saturated rings. The number of rotatable bonds is 6. The van der Waals surface area contributed by atoms with Gasteiger partial charge in [0.2, 0.25) is 6.29 Å². The standard InChI is InChI=1S/C35H41NO7/c1-33-12-11-24(39)15-22(33)7-9-25-26-16-30-35(29(41)19-38,34(26,2)17-28(40)31(25)33)43-32(42-30)27-10-8-23(36(27)3)14-20-5-4-6-21(13-20)18-37/h4-6,8,10-13,15,25-26,28,30-32,37-38,40H,7,9,14,16-19H2,1-3H3/t25-,26-,28-,30+,31+,32+,33-,34-,35+/m0/s1. The summed E-state index contributed by atoms with van der Waals surface area (Å²) in [5, 5.41) is 31.6. The largest absolute Gasteiger partial charge is 0.393 e. The summed E-state index contributed by atoms with van der Waals surface area (Å²) in [6, 6.07) is 11.8. The van der Waals surface area contributed by atoms with Crippen LogP contribution in [0.1, 0.15) is 68.3 Å². The van der Waals surface area contributed by atoms with E-state index in [0.717, 1.165) is 40.9 Å². The Bertz CT molecular complexity index is 1540. The molecule has 43 heavy (non-hydrogen) atoms. The van der Waals surface area contributed by atoms with E-state index in [1.54, 1.807) is 12.2 Å². The van der Waals surface area contributed by atoms with Crippen molar-refractivity contribution in [2.24, 2.45) is 35.6 Å². The highest BCUT2D eigenvalue weighted by Crippen LogP contribution is 2.70. The molecule has 1 aromatic heterocycles. The van der Waals surface area contributed by atoms with Gasteiger partial charge in [0.15, 0.2) is 17.2 Å². The van der Waals surface area contributed by atoms with Crippen molar-refractivity contribution in [3.8, 4) is 0 Å². The van der Waals surface area contributed by atoms with E-state index in [4.69, 9.17) is 9.47 Å². The minimum Gasteiger partial charge on any atom is -0.393 e. The molecule has 7 rings (SSSR count). The lowest BCUT2D eigenvalue weighted by molar-refractivity contribution is -0.202. The van der Waals surface area contributed by atoms with Crippen molar-refractivity contribution < 1.29 is 34.4 Å². The second kappa shape index (κ2) is 10.1. The van der Waals surface area contributed by atoms with E-state index in [9.17, 15) is 24.9 Å². The molecule has 228 valence electrons. The van der Waals surface area contributed by atoms with Crippen LogP contribution in [0.15, 0.2) is 60.2 Å². The average molecular weight is 588 g/mol. The molecule has 9 atom stereocenters. The van der Waals surface area contributed by atoms with Crippen molar-refractivity contribution in [2.75, 3.05) is 6.61 Å². The number of aliphatic hydroxyl groups is 3. The summed E-state index contributed by atoms with van der Waals surface area (Å²) in [5.41, 5.74) is 2.32. The molecule has 4 aliphatic carbocycles. The number of aliphatic hydroxyl groups excluding tert-OH is 3. The maximum Gasteiger partial charge on any atom is 0.200 e. The van der Waals surface area contributed by atoms with Crippen LogP contribution in [0.25, 0.3) is 0 Å². The lowest BCUT2D eigenvalue weighted by Crippen LogP contribution is -2.63. The highest BCUT2D eigenvalue weighted by atomic mass is 16.7. The van der Waals surface area contributed by atoms with Gasteiger partial charge in [0.05, 0.1) is 24.5 Å². The van der Waals surface area contributed by atoms with Crippen molar-refractivity contribution in [1.29, 1.82) is 0 Å². The van der Waals surface area contributed by atoms with Gasteiger partial charge in [-0.2, -0.15) is 0 Å². The molecule has 5 aliphatic rings. The van der Waals surface area contributed by atoms with E-state index in [1.165, 1.54) is 0 Å². The Morgan fingerprint density at radius 3 is 2.70 bits per heavy atom. The van der Waals surface area contributed by atoms with E-state index in [0.29, 0.717) is 19.3 Å². The molecule has 0 unspecified atom stereocenters. The third-order valence-electron chi connectivity index (χ3n) is 11.9. The van der Waals surface area contributed by atoms with Gasteiger partial charge < -0.3 is 29.4 Å². The van der Waals surface area contributed by atoms with Crippen molar-refractivity contribution in [2.45, 2.75) is 76.7 Å². The van der Waals surface area contributed by atoms with Gasteiger partial charge in [0.25, 0.3) is 0 Å². The van der Waals surface area contributed by atoms with Crippen molar-refractivity contribution in [3.63, 3.8) is 0 Å². The zero-order chi connectivity index (χ0) is 30.3. The maximum atomic E-state index is 13.8. The Balaban J connectivity index is 1.20. The Hall–Kier alpha value is -2.88. The molecule has 1 aromatic carbocycles. The number of carbonyl (C=O) groups excluding carboxylic acids is 2. The molecule has 8 heteroatoms. The van der Waals surface area contributed by atoms with Crippen LogP contribution in [-0.2, 0) is 39.1 Å². The summed E-state index contributed by atoms with van der Waals surface area (Å²) in [6.45, 7) is 3.51. The van der Waals surface area contributed by atoms with Crippen LogP contribution < -0.4 is 0 Å². The highest BCUT2D eigenvalue weighted by Gasteiger charge is 2.76. The lowest BCUT2D eigenvalue weighted by Gasteiger charge is -2.59. The third kappa shape index (κ3) is 4.00. The second-order valence-corrected chi connectivity index (χ2v) is 13.8. The Morgan fingerprint density at radius 2 is 1.93 bits per heavy atom. The highest BCUT2D eigenvalue weighted by molar-refractivity contribution is 6.01. The first-order valence-electron chi connectivity index (χ1n) is 15.5. The Kier molecular flexibility index (Phi) is 6.76. The molecule has 1 aliphatic heterocycles. The van der Waals surface area contributed by atoms with Gasteiger partial charge in [-0.25, -0.2) is 0 Å². The summed E-state index contributed by atoms with van der Waals surface area (Å²) in [4.78, 5) is 26.0. The third-order valence-corrected chi connectivity index (χ3v) is 11.9. The number of fused-ring (bicyclic) bond motifs is 7. The van der Waals surface area contributed by atoms with Crippen LogP contribution in [0.4, 0.5) is 0 Å². The fraction of sp³-hybridized carbons (Fsp3) is 0.543. The predicted molar refractivity (Wildman–Crippen MR) is 157 cm³/mol. The number of hydrogen-bond acceptors (Lipinski definition) is 7. The van der Waals surface area contributed by atoms with Crippen LogP contribution in [0.2, 0.25) is 0 Å². The molecule has 0 amide bonds. The Labute approximate surface area is 252 Å². The summed E-state index contributed by atoms with van der Waals surface area (Å²) >= 11 is 0. The molecule has 1 saturated heterocycles. The summed E-state index contributed by atoms with van der Waals surface area (Å²) in [5.74, 6) is -0.305. The monoisotopic (exact) mass is 587 g/mol. The van der Waals surface area contributed by atoms with Gasteiger partial charge in [-0.05, 0) is 72.9 Å². The minimum absolute atomic E-state index is 0.000640. The average Bonchev–Trinajstić information content (AvgIpc) is 3.62. The van der Waals surface area contributed by atoms with Gasteiger partial charge in [-0.3, -0.25) is 9.59 Å². The Morgan fingerprint density at radius 1 is 1.14 bits per heavy atom. The van der Waals surface area contributed by atoms with Gasteiger partial charge >= 0.3 is 0 Å². The topological polar surface area (TPSA) is 118 Å². The van der Waals surface area contributed by atoms with Crippen LogP contribution in [0.5, 0.6) is 0 Å². The number of carbonyl (C=O) groups is 2. The van der Waals surface area contributed by atoms with E-state index in [-0.39, 0.29) is 30.1 Å². The van der Waals surface area contributed by atoms with Crippen LogP contribution >= 0.6 is 0 Å². The first-order valence-corrected chi connectivity index (χ1v) is 15.5. The maximum absolute atomic E-state index is 13.8. The number of Topliss-reactive ketones (excluding diaryl/α,β-unsaturated/α-hetero) is 1. The number of ketones is 2.